The van der Waals surface area contributed by atoms with Gasteiger partial charge in [-0.1, -0.05) is 49.1 Å². The van der Waals surface area contributed by atoms with Gasteiger partial charge in [0.2, 0.25) is 0 Å². The number of benzene rings is 2. The van der Waals surface area contributed by atoms with Crippen LogP contribution < -0.4 is 10.1 Å². The molecule has 2 aromatic rings. The van der Waals surface area contributed by atoms with E-state index in [4.69, 9.17) is 4.74 Å². The molecule has 2 aromatic carbocycles. The molecule has 31 heavy (non-hydrogen) atoms. The van der Waals surface area contributed by atoms with E-state index >= 15 is 0 Å². The van der Waals surface area contributed by atoms with Crippen molar-refractivity contribution < 1.29 is 9.84 Å². The second-order valence-corrected chi connectivity index (χ2v) is 8.56. The summed E-state index contributed by atoms with van der Waals surface area (Å²) in [4.78, 5) is 0. The van der Waals surface area contributed by atoms with E-state index in [1.54, 1.807) is 0 Å². The van der Waals surface area contributed by atoms with Crippen molar-refractivity contribution >= 4 is 0 Å². The molecule has 0 bridgehead atoms. The van der Waals surface area contributed by atoms with Crippen LogP contribution in [0.1, 0.15) is 48.8 Å². The molecule has 0 saturated carbocycles. The van der Waals surface area contributed by atoms with Crippen LogP contribution >= 0.6 is 0 Å². The van der Waals surface area contributed by atoms with Crippen molar-refractivity contribution in [1.82, 2.24) is 5.32 Å². The molecule has 3 nitrogen and oxygen atoms in total. The number of hydrogen-bond acceptors (Lipinski definition) is 3. The second kappa shape index (κ2) is 10.0. The zero-order chi connectivity index (χ0) is 21.6. The molecule has 2 aliphatic rings. The van der Waals surface area contributed by atoms with Crippen molar-refractivity contribution in [2.45, 2.75) is 44.6 Å². The van der Waals surface area contributed by atoms with Crippen LogP contribution in [-0.2, 0) is 6.42 Å². The van der Waals surface area contributed by atoms with Crippen LogP contribution in [0.5, 0.6) is 11.5 Å². The minimum absolute atomic E-state index is 0.233. The molecule has 3 heteroatoms. The predicted molar refractivity (Wildman–Crippen MR) is 128 cm³/mol. The molecule has 0 aromatic heterocycles. The van der Waals surface area contributed by atoms with Crippen LogP contribution in [0, 0.1) is 5.92 Å². The summed E-state index contributed by atoms with van der Waals surface area (Å²) in [6.45, 7) is 8.00. The lowest BCUT2D eigenvalue weighted by atomic mass is 9.69. The molecule has 1 saturated heterocycles. The van der Waals surface area contributed by atoms with Gasteiger partial charge in [-0.3, -0.25) is 0 Å². The summed E-state index contributed by atoms with van der Waals surface area (Å²) < 4.78 is 6.20. The topological polar surface area (TPSA) is 41.5 Å². The molecule has 1 heterocycles. The number of rotatable bonds is 6. The number of phenolic OH excluding ortho intramolecular Hbond substituents is 1. The summed E-state index contributed by atoms with van der Waals surface area (Å²) in [5.74, 6) is 1.87. The fourth-order valence-electron chi connectivity index (χ4n) is 5.08. The van der Waals surface area contributed by atoms with E-state index in [0.717, 1.165) is 38.1 Å². The summed E-state index contributed by atoms with van der Waals surface area (Å²) >= 11 is 0. The molecule has 1 aliphatic heterocycles. The third-order valence-electron chi connectivity index (χ3n) is 6.48. The molecule has 3 atom stereocenters. The van der Waals surface area contributed by atoms with Gasteiger partial charge in [-0.25, -0.2) is 0 Å². The second-order valence-electron chi connectivity index (χ2n) is 8.56. The van der Waals surface area contributed by atoms with Gasteiger partial charge < -0.3 is 15.2 Å². The number of aromatic hydroxyl groups is 1. The van der Waals surface area contributed by atoms with Gasteiger partial charge >= 0.3 is 0 Å². The van der Waals surface area contributed by atoms with Crippen molar-refractivity contribution in [3.05, 3.63) is 95.6 Å². The summed E-state index contributed by atoms with van der Waals surface area (Å²) in [6.07, 6.45) is 12.9. The molecule has 0 spiro atoms. The zero-order valence-electron chi connectivity index (χ0n) is 18.4. The van der Waals surface area contributed by atoms with Crippen molar-refractivity contribution in [3.63, 3.8) is 0 Å². The minimum Gasteiger partial charge on any atom is -0.508 e. The van der Waals surface area contributed by atoms with Gasteiger partial charge in [-0.2, -0.15) is 0 Å². The molecule has 2 N–H and O–H groups in total. The Hall–Kier alpha value is -2.78. The molecule has 1 fully saturated rings. The van der Waals surface area contributed by atoms with E-state index in [-0.39, 0.29) is 12.0 Å². The number of phenols is 1. The highest BCUT2D eigenvalue weighted by Crippen LogP contribution is 2.45. The van der Waals surface area contributed by atoms with Gasteiger partial charge in [0.05, 0.1) is 0 Å². The molecule has 3 unspecified atom stereocenters. The van der Waals surface area contributed by atoms with E-state index in [0.29, 0.717) is 11.7 Å². The van der Waals surface area contributed by atoms with Crippen molar-refractivity contribution in [2.75, 3.05) is 13.1 Å². The Balaban J connectivity index is 1.67. The number of ether oxygens (including phenoxy) is 1. The summed E-state index contributed by atoms with van der Waals surface area (Å²) in [5, 5.41) is 13.4. The van der Waals surface area contributed by atoms with E-state index in [1.807, 2.05) is 18.2 Å². The van der Waals surface area contributed by atoms with E-state index in [1.165, 1.54) is 28.7 Å². The van der Waals surface area contributed by atoms with Gasteiger partial charge in [0.1, 0.15) is 17.6 Å². The van der Waals surface area contributed by atoms with Gasteiger partial charge in [-0.15, -0.1) is 0 Å². The maximum Gasteiger partial charge on any atom is 0.119 e. The summed E-state index contributed by atoms with van der Waals surface area (Å²) in [5.41, 5.74) is 5.13. The predicted octanol–water partition coefficient (Wildman–Crippen LogP) is 5.91. The number of piperidine rings is 1. The Bertz CT molecular complexity index is 951. The first-order valence-corrected chi connectivity index (χ1v) is 11.4. The highest BCUT2D eigenvalue weighted by atomic mass is 16.5. The van der Waals surface area contributed by atoms with Gasteiger partial charge in [0.15, 0.2) is 0 Å². The monoisotopic (exact) mass is 415 g/mol. The average Bonchev–Trinajstić information content (AvgIpc) is 2.79. The third kappa shape index (κ3) is 4.94. The lowest BCUT2D eigenvalue weighted by molar-refractivity contribution is 0.167. The largest absolute Gasteiger partial charge is 0.508 e. The van der Waals surface area contributed by atoms with Crippen LogP contribution in [0.2, 0.25) is 0 Å². The summed E-state index contributed by atoms with van der Waals surface area (Å²) in [7, 11) is 0. The number of fused-ring (bicyclic) bond motifs is 1. The lowest BCUT2D eigenvalue weighted by Gasteiger charge is -2.35. The van der Waals surface area contributed by atoms with Crippen molar-refractivity contribution in [3.8, 4) is 11.5 Å². The Kier molecular flexibility index (Phi) is 6.93. The fourth-order valence-corrected chi connectivity index (χ4v) is 5.08. The van der Waals surface area contributed by atoms with Crippen LogP contribution in [-0.4, -0.2) is 24.3 Å². The normalized spacial score (nSPS) is 24.0. The smallest absolute Gasteiger partial charge is 0.119 e. The molecular weight excluding hydrogens is 382 g/mol. The standard InChI is InChI=1S/C28H33NO2/c1-3-6-20(7-4-2)26-15-11-22-18-23(30)12-16-27(22)28(26)21-9-13-24(14-10-21)31-25-8-5-17-29-19-25/h3-4,6-7,9-10,12-14,16,18,25-26,28-30H,1,5,8,11,15,17,19H2,2H3/b7-4-,20-6+. The fraction of sp³-hybridized carbons (Fsp3) is 0.357. The van der Waals surface area contributed by atoms with Gasteiger partial charge in [-0.05, 0) is 91.6 Å². The molecule has 1 aliphatic carbocycles. The molecule has 4 rings (SSSR count). The summed E-state index contributed by atoms with van der Waals surface area (Å²) in [6, 6.07) is 14.5. The third-order valence-corrected chi connectivity index (χ3v) is 6.48. The van der Waals surface area contributed by atoms with Crippen molar-refractivity contribution in [1.29, 1.82) is 0 Å². The Morgan fingerprint density at radius 1 is 1.16 bits per heavy atom. The van der Waals surface area contributed by atoms with Gasteiger partial charge in [0, 0.05) is 12.5 Å². The quantitative estimate of drug-likeness (QED) is 0.577. The number of allylic oxidation sites excluding steroid dienone is 5. The van der Waals surface area contributed by atoms with Gasteiger partial charge in [0.25, 0.3) is 0 Å². The van der Waals surface area contributed by atoms with Crippen LogP contribution in [0.3, 0.4) is 0 Å². The first-order chi connectivity index (χ1) is 15.2. The Morgan fingerprint density at radius 2 is 2.00 bits per heavy atom. The molecule has 162 valence electrons. The highest BCUT2D eigenvalue weighted by molar-refractivity contribution is 5.48. The number of aryl methyl sites for hydroxylation is 1. The SMILES string of the molecule is C=C/C=C(\C=C/C)C1CCc2cc(O)ccc2C1c1ccc(OC2CCCNC2)cc1. The maximum absolute atomic E-state index is 10.0. The lowest BCUT2D eigenvalue weighted by Crippen LogP contribution is -2.37. The van der Waals surface area contributed by atoms with E-state index < -0.39 is 0 Å². The molecule has 0 amide bonds. The van der Waals surface area contributed by atoms with Crippen LogP contribution in [0.15, 0.2) is 78.9 Å². The zero-order valence-corrected chi connectivity index (χ0v) is 18.4. The molecular formula is C28H33NO2. The first kappa shape index (κ1) is 21.5. The Labute approximate surface area is 186 Å². The minimum atomic E-state index is 0.233. The number of nitrogens with one attached hydrogen (secondary N) is 1. The van der Waals surface area contributed by atoms with Crippen LogP contribution in [0.4, 0.5) is 0 Å². The van der Waals surface area contributed by atoms with E-state index in [9.17, 15) is 5.11 Å². The van der Waals surface area contributed by atoms with Crippen LogP contribution in [0.25, 0.3) is 0 Å². The van der Waals surface area contributed by atoms with Crippen molar-refractivity contribution in [2.24, 2.45) is 5.92 Å². The first-order valence-electron chi connectivity index (χ1n) is 11.4. The molecule has 0 radical (unpaired) electrons. The maximum atomic E-state index is 10.0. The number of hydrogen-bond donors (Lipinski definition) is 2. The van der Waals surface area contributed by atoms with E-state index in [2.05, 4.69) is 67.4 Å². The average molecular weight is 416 g/mol. The highest BCUT2D eigenvalue weighted by Gasteiger charge is 2.32. The Morgan fingerprint density at radius 3 is 2.71 bits per heavy atom.